The van der Waals surface area contributed by atoms with Crippen LogP contribution in [0.5, 0.6) is 11.5 Å². The summed E-state index contributed by atoms with van der Waals surface area (Å²) in [6.07, 6.45) is 0. The van der Waals surface area contributed by atoms with Crippen molar-refractivity contribution in [3.8, 4) is 11.5 Å². The molecule has 0 saturated carbocycles. The molecule has 8 heteroatoms. The number of carbonyl (C=O) groups excluding carboxylic acids is 1. The molecule has 0 atom stereocenters. The van der Waals surface area contributed by atoms with Crippen molar-refractivity contribution in [2.24, 2.45) is 0 Å². The normalized spacial score (nSPS) is 14.2. The molecule has 1 saturated heterocycles. The third-order valence-electron chi connectivity index (χ3n) is 3.75. The summed E-state index contributed by atoms with van der Waals surface area (Å²) in [4.78, 5) is 24.3. The highest BCUT2D eigenvalue weighted by Gasteiger charge is 2.18. The maximum Gasteiger partial charge on any atom is 0.271 e. The fourth-order valence-corrected chi connectivity index (χ4v) is 2.64. The van der Waals surface area contributed by atoms with E-state index < -0.39 is 4.92 Å². The van der Waals surface area contributed by atoms with Crippen LogP contribution in [0, 0.1) is 10.1 Å². The molecule has 0 spiro atoms. The van der Waals surface area contributed by atoms with Gasteiger partial charge in [-0.25, -0.2) is 0 Å². The molecule has 1 aliphatic rings. The first-order valence-electron chi connectivity index (χ1n) is 7.63. The zero-order valence-corrected chi connectivity index (χ0v) is 13.9. The molecule has 7 nitrogen and oxygen atoms in total. The van der Waals surface area contributed by atoms with Crippen LogP contribution < -0.4 is 4.74 Å². The minimum Gasteiger partial charge on any atom is -0.456 e. The van der Waals surface area contributed by atoms with E-state index >= 15 is 0 Å². The SMILES string of the molecule is O=C(c1ccc(Oc2ccc([N+](=O)[O-])cc2Cl)cc1)N1CCOCC1. The summed E-state index contributed by atoms with van der Waals surface area (Å²) in [5, 5.41) is 10.9. The summed E-state index contributed by atoms with van der Waals surface area (Å²) >= 11 is 6.00. The summed E-state index contributed by atoms with van der Waals surface area (Å²) in [7, 11) is 0. The Morgan fingerprint density at radius 2 is 1.84 bits per heavy atom. The van der Waals surface area contributed by atoms with Crippen LogP contribution in [0.1, 0.15) is 10.4 Å². The lowest BCUT2D eigenvalue weighted by molar-refractivity contribution is -0.384. The van der Waals surface area contributed by atoms with Gasteiger partial charge in [-0.15, -0.1) is 0 Å². The van der Waals surface area contributed by atoms with Crippen LogP contribution in [0.3, 0.4) is 0 Å². The molecule has 1 heterocycles. The second kappa shape index (κ2) is 7.50. The van der Waals surface area contributed by atoms with Crippen molar-refractivity contribution in [1.82, 2.24) is 4.90 Å². The van der Waals surface area contributed by atoms with Gasteiger partial charge in [-0.05, 0) is 30.3 Å². The topological polar surface area (TPSA) is 81.9 Å². The molecule has 1 aliphatic heterocycles. The molecule has 0 bridgehead atoms. The Kier molecular flexibility index (Phi) is 5.16. The van der Waals surface area contributed by atoms with Crippen LogP contribution in [-0.4, -0.2) is 42.0 Å². The monoisotopic (exact) mass is 362 g/mol. The number of ether oxygens (including phenoxy) is 2. The van der Waals surface area contributed by atoms with E-state index in [9.17, 15) is 14.9 Å². The zero-order chi connectivity index (χ0) is 17.8. The summed E-state index contributed by atoms with van der Waals surface area (Å²) in [5.41, 5.74) is 0.452. The number of benzene rings is 2. The molecule has 3 rings (SSSR count). The van der Waals surface area contributed by atoms with E-state index in [1.54, 1.807) is 29.2 Å². The first-order chi connectivity index (χ1) is 12.0. The lowest BCUT2D eigenvalue weighted by atomic mass is 10.2. The van der Waals surface area contributed by atoms with Crippen molar-refractivity contribution < 1.29 is 19.2 Å². The summed E-state index contributed by atoms with van der Waals surface area (Å²) in [6.45, 7) is 2.25. The van der Waals surface area contributed by atoms with Crippen molar-refractivity contribution >= 4 is 23.2 Å². The fourth-order valence-electron chi connectivity index (χ4n) is 2.43. The van der Waals surface area contributed by atoms with Gasteiger partial charge in [0, 0.05) is 30.8 Å². The van der Waals surface area contributed by atoms with E-state index in [0.29, 0.717) is 43.4 Å². The van der Waals surface area contributed by atoms with Gasteiger partial charge in [-0.2, -0.15) is 0 Å². The lowest BCUT2D eigenvalue weighted by Gasteiger charge is -2.26. The Morgan fingerprint density at radius 3 is 2.44 bits per heavy atom. The lowest BCUT2D eigenvalue weighted by Crippen LogP contribution is -2.40. The number of hydrogen-bond acceptors (Lipinski definition) is 5. The predicted octanol–water partition coefficient (Wildman–Crippen LogP) is 3.51. The highest BCUT2D eigenvalue weighted by atomic mass is 35.5. The third-order valence-corrected chi connectivity index (χ3v) is 4.05. The maximum atomic E-state index is 12.4. The number of nitro groups is 1. The number of nitro benzene ring substituents is 1. The van der Waals surface area contributed by atoms with Gasteiger partial charge >= 0.3 is 0 Å². The van der Waals surface area contributed by atoms with Crippen molar-refractivity contribution in [3.05, 3.63) is 63.2 Å². The van der Waals surface area contributed by atoms with Gasteiger partial charge in [0.25, 0.3) is 11.6 Å². The van der Waals surface area contributed by atoms with Crippen LogP contribution in [0.2, 0.25) is 5.02 Å². The average Bonchev–Trinajstić information content (AvgIpc) is 2.64. The summed E-state index contributed by atoms with van der Waals surface area (Å²) in [6, 6.07) is 10.6. The average molecular weight is 363 g/mol. The van der Waals surface area contributed by atoms with Gasteiger partial charge in [-0.1, -0.05) is 11.6 Å². The van der Waals surface area contributed by atoms with E-state index in [1.807, 2.05) is 0 Å². The molecule has 1 fully saturated rings. The minimum atomic E-state index is -0.526. The number of amides is 1. The molecule has 2 aromatic rings. The third kappa shape index (κ3) is 4.07. The van der Waals surface area contributed by atoms with E-state index in [1.165, 1.54) is 18.2 Å². The van der Waals surface area contributed by atoms with Crippen LogP contribution >= 0.6 is 11.6 Å². The Hall–Kier alpha value is -2.64. The molecule has 130 valence electrons. The van der Waals surface area contributed by atoms with Crippen molar-refractivity contribution in [1.29, 1.82) is 0 Å². The molecular weight excluding hydrogens is 348 g/mol. The number of rotatable bonds is 4. The van der Waals surface area contributed by atoms with Crippen LogP contribution in [0.4, 0.5) is 5.69 Å². The molecule has 1 amide bonds. The second-order valence-electron chi connectivity index (χ2n) is 5.40. The molecular formula is C17H15ClN2O5. The van der Waals surface area contributed by atoms with Gasteiger partial charge in [0.15, 0.2) is 0 Å². The van der Waals surface area contributed by atoms with Crippen molar-refractivity contribution in [3.63, 3.8) is 0 Å². The smallest absolute Gasteiger partial charge is 0.271 e. The summed E-state index contributed by atoms with van der Waals surface area (Å²) in [5.74, 6) is 0.733. The molecule has 0 radical (unpaired) electrons. The maximum absolute atomic E-state index is 12.4. The largest absolute Gasteiger partial charge is 0.456 e. The molecule has 0 N–H and O–H groups in total. The Balaban J connectivity index is 1.70. The van der Waals surface area contributed by atoms with Gasteiger partial charge < -0.3 is 14.4 Å². The Labute approximate surface area is 148 Å². The highest BCUT2D eigenvalue weighted by Crippen LogP contribution is 2.32. The van der Waals surface area contributed by atoms with Gasteiger partial charge in [0.2, 0.25) is 0 Å². The fraction of sp³-hybridized carbons (Fsp3) is 0.235. The van der Waals surface area contributed by atoms with Crippen molar-refractivity contribution in [2.45, 2.75) is 0 Å². The van der Waals surface area contributed by atoms with Gasteiger partial charge in [-0.3, -0.25) is 14.9 Å². The second-order valence-corrected chi connectivity index (χ2v) is 5.81. The number of hydrogen-bond donors (Lipinski definition) is 0. The summed E-state index contributed by atoms with van der Waals surface area (Å²) < 4.78 is 10.9. The van der Waals surface area contributed by atoms with Crippen LogP contribution in [-0.2, 0) is 4.74 Å². The van der Waals surface area contributed by atoms with E-state index in [2.05, 4.69) is 0 Å². The number of carbonyl (C=O) groups is 1. The Morgan fingerprint density at radius 1 is 1.16 bits per heavy atom. The minimum absolute atomic E-state index is 0.0526. The highest BCUT2D eigenvalue weighted by molar-refractivity contribution is 6.32. The number of halogens is 1. The predicted molar refractivity (Wildman–Crippen MR) is 91.3 cm³/mol. The molecule has 0 aromatic heterocycles. The Bertz CT molecular complexity index is 788. The van der Waals surface area contributed by atoms with Crippen molar-refractivity contribution in [2.75, 3.05) is 26.3 Å². The quantitative estimate of drug-likeness (QED) is 0.614. The van der Waals surface area contributed by atoms with E-state index in [-0.39, 0.29) is 16.6 Å². The van der Waals surface area contributed by atoms with E-state index in [4.69, 9.17) is 21.1 Å². The zero-order valence-electron chi connectivity index (χ0n) is 13.2. The van der Waals surface area contributed by atoms with Crippen LogP contribution in [0.15, 0.2) is 42.5 Å². The molecule has 0 unspecified atom stereocenters. The molecule has 2 aromatic carbocycles. The van der Waals surface area contributed by atoms with Crippen LogP contribution in [0.25, 0.3) is 0 Å². The molecule has 25 heavy (non-hydrogen) atoms. The number of non-ortho nitro benzene ring substituents is 1. The van der Waals surface area contributed by atoms with E-state index in [0.717, 1.165) is 0 Å². The number of nitrogens with zero attached hydrogens (tertiary/aromatic N) is 2. The van der Waals surface area contributed by atoms with Gasteiger partial charge in [0.05, 0.1) is 23.2 Å². The first-order valence-corrected chi connectivity index (χ1v) is 8.01. The van der Waals surface area contributed by atoms with Gasteiger partial charge in [0.1, 0.15) is 11.5 Å². The first kappa shape index (κ1) is 17.2. The molecule has 0 aliphatic carbocycles. The number of morpholine rings is 1. The standard InChI is InChI=1S/C17H15ClN2O5/c18-15-11-13(20(22)23)3-6-16(15)25-14-4-1-12(2-5-14)17(21)19-7-9-24-10-8-19/h1-6,11H,7-10H2.